The molecule has 3 nitrogen and oxygen atoms in total. The molecule has 0 aromatic carbocycles. The monoisotopic (exact) mass is 350 g/mol. The first-order chi connectivity index (χ1) is 9.93. The molecule has 0 saturated heterocycles. The van der Waals surface area contributed by atoms with Crippen molar-refractivity contribution in [2.75, 3.05) is 25.4 Å². The van der Waals surface area contributed by atoms with E-state index in [2.05, 4.69) is 6.92 Å². The molecule has 0 heterocycles. The maximum Gasteiger partial charge on any atom is 0.135 e. The van der Waals surface area contributed by atoms with Crippen molar-refractivity contribution in [3.63, 3.8) is 0 Å². The lowest BCUT2D eigenvalue weighted by atomic mass is 9.85. The van der Waals surface area contributed by atoms with Crippen LogP contribution in [0.2, 0.25) is 0 Å². The van der Waals surface area contributed by atoms with E-state index in [0.717, 1.165) is 6.29 Å². The average molecular weight is 351 g/mol. The predicted molar refractivity (Wildman–Crippen MR) is 95.9 cm³/mol. The summed E-state index contributed by atoms with van der Waals surface area (Å²) in [6.45, 7) is 2.05. The molecule has 1 saturated carbocycles. The van der Waals surface area contributed by atoms with Crippen LogP contribution in [0.1, 0.15) is 19.8 Å². The van der Waals surface area contributed by atoms with Gasteiger partial charge in [0.1, 0.15) is 9.70 Å². The second kappa shape index (κ2) is 8.29. The van der Waals surface area contributed by atoms with Crippen molar-refractivity contribution in [3.05, 3.63) is 12.2 Å². The normalized spacial score (nSPS) is 31.7. The summed E-state index contributed by atoms with van der Waals surface area (Å²) in [6.07, 6.45) is 11.8. The highest BCUT2D eigenvalue weighted by Gasteiger charge is 2.56. The third-order valence-corrected chi connectivity index (χ3v) is 10.2. The van der Waals surface area contributed by atoms with Gasteiger partial charge < -0.3 is 15.0 Å². The largest absolute Gasteiger partial charge is 0.392 e. The van der Waals surface area contributed by atoms with Gasteiger partial charge in [-0.1, -0.05) is 19.1 Å². The molecule has 4 atom stereocenters. The number of allylic oxidation sites excluding steroid dienone is 1. The number of rotatable bonds is 8. The Morgan fingerprint density at radius 3 is 2.29 bits per heavy atom. The molecule has 1 fully saturated rings. The standard InChI is InChI=1S/C15H26O3S3/c1-11-8-14(18,15(19-2,20-3)21-4)9-13(11)12(10-17)6-5-7-16/h5-6,10-13,16,18H,7-9H2,1-4H3/b6-5+. The summed E-state index contributed by atoms with van der Waals surface area (Å²) in [5.41, 5.74) is -0.788. The maximum absolute atomic E-state index is 11.4. The van der Waals surface area contributed by atoms with E-state index in [0.29, 0.717) is 12.8 Å². The van der Waals surface area contributed by atoms with E-state index < -0.39 is 5.60 Å². The Morgan fingerprint density at radius 1 is 1.29 bits per heavy atom. The van der Waals surface area contributed by atoms with E-state index in [9.17, 15) is 9.90 Å². The van der Waals surface area contributed by atoms with Gasteiger partial charge in [-0.2, -0.15) is 0 Å². The van der Waals surface area contributed by atoms with Crippen LogP contribution in [0.3, 0.4) is 0 Å². The number of aliphatic hydroxyl groups excluding tert-OH is 1. The molecule has 4 unspecified atom stereocenters. The van der Waals surface area contributed by atoms with E-state index in [-0.39, 0.29) is 27.8 Å². The summed E-state index contributed by atoms with van der Waals surface area (Å²) < 4.78 is -0.301. The molecule has 1 aliphatic carbocycles. The topological polar surface area (TPSA) is 57.5 Å². The predicted octanol–water partition coefficient (Wildman–Crippen LogP) is 2.87. The van der Waals surface area contributed by atoms with Crippen LogP contribution in [-0.2, 0) is 4.79 Å². The van der Waals surface area contributed by atoms with Gasteiger partial charge in [-0.05, 0) is 43.4 Å². The van der Waals surface area contributed by atoms with Gasteiger partial charge in [0.05, 0.1) is 12.2 Å². The number of aliphatic hydroxyl groups is 2. The zero-order valence-electron chi connectivity index (χ0n) is 13.1. The van der Waals surface area contributed by atoms with Crippen molar-refractivity contribution in [2.24, 2.45) is 17.8 Å². The second-order valence-corrected chi connectivity index (χ2v) is 9.41. The third-order valence-electron chi connectivity index (χ3n) is 4.46. The van der Waals surface area contributed by atoms with Gasteiger partial charge in [0.2, 0.25) is 0 Å². The number of hydrogen-bond donors (Lipinski definition) is 2. The zero-order chi connectivity index (χ0) is 16.1. The molecule has 122 valence electrons. The highest BCUT2D eigenvalue weighted by Crippen LogP contribution is 2.59. The molecule has 21 heavy (non-hydrogen) atoms. The van der Waals surface area contributed by atoms with Gasteiger partial charge in [0, 0.05) is 5.92 Å². The Labute approximate surface area is 140 Å². The number of thioether (sulfide) groups is 3. The first-order valence-electron chi connectivity index (χ1n) is 7.04. The lowest BCUT2D eigenvalue weighted by molar-refractivity contribution is -0.111. The van der Waals surface area contributed by atoms with E-state index in [1.165, 1.54) is 0 Å². The van der Waals surface area contributed by atoms with E-state index in [1.807, 2.05) is 18.8 Å². The molecular formula is C15H26O3S3. The first kappa shape index (κ1) is 19.4. The number of carbonyl (C=O) groups excluding carboxylic acids is 1. The molecule has 0 radical (unpaired) electrons. The molecule has 0 aliphatic heterocycles. The summed E-state index contributed by atoms with van der Waals surface area (Å²) in [5.74, 6) is 0.171. The smallest absolute Gasteiger partial charge is 0.135 e. The van der Waals surface area contributed by atoms with Crippen LogP contribution in [-0.4, -0.2) is 50.9 Å². The molecular weight excluding hydrogens is 324 g/mol. The number of carbonyl (C=O) groups is 1. The second-order valence-electron chi connectivity index (χ2n) is 5.57. The molecule has 2 N–H and O–H groups in total. The Kier molecular flexibility index (Phi) is 7.67. The van der Waals surface area contributed by atoms with Crippen LogP contribution in [0, 0.1) is 17.8 Å². The molecule has 0 bridgehead atoms. The van der Waals surface area contributed by atoms with Crippen molar-refractivity contribution in [3.8, 4) is 0 Å². The van der Waals surface area contributed by atoms with Crippen molar-refractivity contribution in [2.45, 2.75) is 28.8 Å². The molecule has 0 amide bonds. The number of aldehydes is 1. The molecule has 1 rings (SSSR count). The van der Waals surface area contributed by atoms with Crippen LogP contribution < -0.4 is 0 Å². The minimum absolute atomic E-state index is 0.0555. The summed E-state index contributed by atoms with van der Waals surface area (Å²) in [5, 5.41) is 20.2. The van der Waals surface area contributed by atoms with Gasteiger partial charge in [-0.25, -0.2) is 0 Å². The Balaban J connectivity index is 3.01. The first-order valence-corrected chi connectivity index (χ1v) is 10.7. The average Bonchev–Trinajstić information content (AvgIpc) is 2.79. The Hall–Kier alpha value is 0.380. The molecule has 6 heteroatoms. The Morgan fingerprint density at radius 2 is 1.86 bits per heavy atom. The minimum Gasteiger partial charge on any atom is -0.392 e. The fraction of sp³-hybridized carbons (Fsp3) is 0.800. The summed E-state index contributed by atoms with van der Waals surface area (Å²) >= 11 is 5.05. The lowest BCUT2D eigenvalue weighted by Crippen LogP contribution is -2.45. The van der Waals surface area contributed by atoms with Gasteiger partial charge in [0.25, 0.3) is 0 Å². The van der Waals surface area contributed by atoms with E-state index in [1.54, 1.807) is 47.4 Å². The molecule has 1 aliphatic rings. The fourth-order valence-electron chi connectivity index (χ4n) is 3.45. The van der Waals surface area contributed by atoms with Crippen LogP contribution in [0.15, 0.2) is 12.2 Å². The van der Waals surface area contributed by atoms with Crippen LogP contribution in [0.4, 0.5) is 0 Å². The van der Waals surface area contributed by atoms with Crippen LogP contribution >= 0.6 is 35.3 Å². The van der Waals surface area contributed by atoms with Crippen molar-refractivity contribution >= 4 is 41.6 Å². The fourth-order valence-corrected chi connectivity index (χ4v) is 7.09. The molecule has 0 aromatic heterocycles. The van der Waals surface area contributed by atoms with Crippen LogP contribution in [0.5, 0.6) is 0 Å². The summed E-state index contributed by atoms with van der Waals surface area (Å²) in [4.78, 5) is 11.4. The highest BCUT2D eigenvalue weighted by atomic mass is 32.3. The van der Waals surface area contributed by atoms with E-state index >= 15 is 0 Å². The Bertz CT molecular complexity index is 363. The van der Waals surface area contributed by atoms with Crippen molar-refractivity contribution in [1.29, 1.82) is 0 Å². The van der Waals surface area contributed by atoms with Crippen molar-refractivity contribution in [1.82, 2.24) is 0 Å². The van der Waals surface area contributed by atoms with Gasteiger partial charge in [-0.3, -0.25) is 0 Å². The number of hydrogen-bond acceptors (Lipinski definition) is 6. The van der Waals surface area contributed by atoms with Crippen molar-refractivity contribution < 1.29 is 15.0 Å². The zero-order valence-corrected chi connectivity index (χ0v) is 15.6. The summed E-state index contributed by atoms with van der Waals surface area (Å²) in [6, 6.07) is 0. The summed E-state index contributed by atoms with van der Waals surface area (Å²) in [7, 11) is 0. The highest BCUT2D eigenvalue weighted by molar-refractivity contribution is 8.33. The molecule has 0 aromatic rings. The lowest BCUT2D eigenvalue weighted by Gasteiger charge is -2.42. The van der Waals surface area contributed by atoms with Gasteiger partial charge >= 0.3 is 0 Å². The van der Waals surface area contributed by atoms with Gasteiger partial charge in [-0.15, -0.1) is 35.3 Å². The van der Waals surface area contributed by atoms with E-state index in [4.69, 9.17) is 5.11 Å². The third kappa shape index (κ3) is 3.83. The van der Waals surface area contributed by atoms with Crippen LogP contribution in [0.25, 0.3) is 0 Å². The van der Waals surface area contributed by atoms with Gasteiger partial charge in [0.15, 0.2) is 0 Å². The maximum atomic E-state index is 11.4. The quantitative estimate of drug-likeness (QED) is 0.399. The minimum atomic E-state index is -0.788. The molecule has 0 spiro atoms. The SMILES string of the molecule is CSC(SC)(SC)C1(O)CC(C)C(C(C=O)/C=C/CO)C1.